The van der Waals surface area contributed by atoms with Crippen LogP contribution in [-0.2, 0) is 14.3 Å². The molecule has 0 bridgehead atoms. The summed E-state index contributed by atoms with van der Waals surface area (Å²) in [6.07, 6.45) is 57.8. The SMILES string of the molecule is CCCCCCC/C=C\C/C=C\CCCCCCCCCCCCCC(=O)NC(COC1OC(CO)C(O)C(O)C1O)C(O)/C=C/CCCCCCCCCCCCCCCCCCCCCCC. The van der Waals surface area contributed by atoms with Gasteiger partial charge in [-0.2, -0.15) is 0 Å². The topological polar surface area (TPSA) is 149 Å². The Bertz CT molecular complexity index is 1180. The number of allylic oxidation sites excluding steroid dienone is 5. The molecule has 406 valence electrons. The molecular formula is C60H113NO8. The van der Waals surface area contributed by atoms with Gasteiger partial charge in [-0.3, -0.25) is 4.79 Å². The summed E-state index contributed by atoms with van der Waals surface area (Å²) in [4.78, 5) is 13.1. The number of nitrogens with one attached hydrogen (secondary N) is 1. The van der Waals surface area contributed by atoms with Crippen molar-refractivity contribution in [2.24, 2.45) is 0 Å². The third kappa shape index (κ3) is 39.6. The van der Waals surface area contributed by atoms with Gasteiger partial charge in [0.05, 0.1) is 25.4 Å². The van der Waals surface area contributed by atoms with E-state index in [-0.39, 0.29) is 12.5 Å². The highest BCUT2D eigenvalue weighted by Gasteiger charge is 2.44. The van der Waals surface area contributed by atoms with Crippen LogP contribution in [0, 0.1) is 0 Å². The zero-order chi connectivity index (χ0) is 50.1. The Labute approximate surface area is 425 Å². The highest BCUT2D eigenvalue weighted by atomic mass is 16.7. The van der Waals surface area contributed by atoms with Crippen LogP contribution in [0.1, 0.15) is 284 Å². The molecule has 1 heterocycles. The number of unbranched alkanes of at least 4 members (excludes halogenated alkanes) is 37. The minimum Gasteiger partial charge on any atom is -0.394 e. The zero-order valence-electron chi connectivity index (χ0n) is 45.1. The van der Waals surface area contributed by atoms with Gasteiger partial charge in [-0.25, -0.2) is 0 Å². The van der Waals surface area contributed by atoms with Gasteiger partial charge in [0.1, 0.15) is 24.4 Å². The Kier molecular flexibility index (Phi) is 47.4. The molecule has 7 unspecified atom stereocenters. The number of carbonyl (C=O) groups excluding carboxylic acids is 1. The fourth-order valence-corrected chi connectivity index (χ4v) is 9.48. The first kappa shape index (κ1) is 65.4. The van der Waals surface area contributed by atoms with E-state index in [4.69, 9.17) is 9.47 Å². The number of aliphatic hydroxyl groups is 5. The van der Waals surface area contributed by atoms with Crippen molar-refractivity contribution < 1.29 is 39.8 Å². The first-order valence-corrected chi connectivity index (χ1v) is 29.7. The molecule has 7 atom stereocenters. The molecule has 0 radical (unpaired) electrons. The average Bonchev–Trinajstić information content (AvgIpc) is 3.35. The van der Waals surface area contributed by atoms with E-state index in [9.17, 15) is 30.3 Å². The standard InChI is InChI=1S/C60H113NO8/c1-3-5-7-9-11-13-15-17-19-21-23-25-27-29-31-33-35-37-39-41-43-45-47-49-54(63)53(52-68-60-59(67)58(66)57(65)55(51-62)69-60)61-56(64)50-48-46-44-42-40-38-36-34-32-30-28-26-24-22-20-18-16-14-12-10-8-6-4-2/h16,18,22,24,47,49,53-55,57-60,62-63,65-67H,3-15,17,19-21,23,25-46,48,50-52H2,1-2H3,(H,61,64)/b18-16-,24-22-,49-47+. The molecule has 0 aromatic rings. The smallest absolute Gasteiger partial charge is 0.220 e. The molecule has 0 spiro atoms. The van der Waals surface area contributed by atoms with Gasteiger partial charge >= 0.3 is 0 Å². The van der Waals surface area contributed by atoms with E-state index in [1.54, 1.807) is 6.08 Å². The Morgan fingerprint density at radius 1 is 0.493 bits per heavy atom. The van der Waals surface area contributed by atoms with Crippen molar-refractivity contribution in [2.75, 3.05) is 13.2 Å². The van der Waals surface area contributed by atoms with Crippen LogP contribution >= 0.6 is 0 Å². The van der Waals surface area contributed by atoms with E-state index >= 15 is 0 Å². The first-order valence-electron chi connectivity index (χ1n) is 29.7. The van der Waals surface area contributed by atoms with Crippen LogP contribution in [0.25, 0.3) is 0 Å². The van der Waals surface area contributed by atoms with Crippen molar-refractivity contribution in [3.05, 3.63) is 36.5 Å². The summed E-state index contributed by atoms with van der Waals surface area (Å²) in [5, 5.41) is 54.6. The lowest BCUT2D eigenvalue weighted by Gasteiger charge is -2.40. The zero-order valence-corrected chi connectivity index (χ0v) is 45.1. The van der Waals surface area contributed by atoms with E-state index < -0.39 is 49.5 Å². The molecule has 9 heteroatoms. The van der Waals surface area contributed by atoms with Crippen molar-refractivity contribution >= 4 is 5.91 Å². The van der Waals surface area contributed by atoms with Crippen molar-refractivity contribution in [2.45, 2.75) is 326 Å². The maximum Gasteiger partial charge on any atom is 0.220 e. The van der Waals surface area contributed by atoms with Crippen molar-refractivity contribution in [3.8, 4) is 0 Å². The fourth-order valence-electron chi connectivity index (χ4n) is 9.48. The molecule has 6 N–H and O–H groups in total. The fraction of sp³-hybridized carbons (Fsp3) is 0.883. The summed E-state index contributed by atoms with van der Waals surface area (Å²) in [5.41, 5.74) is 0. The highest BCUT2D eigenvalue weighted by Crippen LogP contribution is 2.23. The second kappa shape index (κ2) is 50.0. The van der Waals surface area contributed by atoms with Crippen LogP contribution in [0.3, 0.4) is 0 Å². The number of rotatable bonds is 51. The molecule has 69 heavy (non-hydrogen) atoms. The van der Waals surface area contributed by atoms with Crippen LogP contribution in [0.4, 0.5) is 0 Å². The van der Waals surface area contributed by atoms with E-state index in [1.807, 2.05) is 6.08 Å². The van der Waals surface area contributed by atoms with E-state index in [0.29, 0.717) is 6.42 Å². The minimum absolute atomic E-state index is 0.176. The van der Waals surface area contributed by atoms with E-state index in [2.05, 4.69) is 43.5 Å². The van der Waals surface area contributed by atoms with Gasteiger partial charge in [0, 0.05) is 6.42 Å². The lowest BCUT2D eigenvalue weighted by Crippen LogP contribution is -2.60. The maximum atomic E-state index is 13.1. The van der Waals surface area contributed by atoms with Crippen LogP contribution in [0.15, 0.2) is 36.5 Å². The summed E-state index contributed by atoms with van der Waals surface area (Å²) in [7, 11) is 0. The predicted molar refractivity (Wildman–Crippen MR) is 290 cm³/mol. The van der Waals surface area contributed by atoms with E-state index in [0.717, 1.165) is 44.9 Å². The van der Waals surface area contributed by atoms with E-state index in [1.165, 1.54) is 218 Å². The van der Waals surface area contributed by atoms with Gasteiger partial charge < -0.3 is 40.3 Å². The lowest BCUT2D eigenvalue weighted by atomic mass is 9.99. The van der Waals surface area contributed by atoms with Gasteiger partial charge in [0.25, 0.3) is 0 Å². The molecule has 1 aliphatic rings. The number of carbonyl (C=O) groups is 1. The van der Waals surface area contributed by atoms with Gasteiger partial charge in [-0.05, 0) is 51.4 Å². The van der Waals surface area contributed by atoms with Crippen LogP contribution in [0.2, 0.25) is 0 Å². The highest BCUT2D eigenvalue weighted by molar-refractivity contribution is 5.76. The molecule has 0 aliphatic carbocycles. The quantitative estimate of drug-likeness (QED) is 0.0261. The summed E-state index contributed by atoms with van der Waals surface area (Å²) in [6, 6.07) is -0.806. The first-order chi connectivity index (χ1) is 33.8. The Hall–Kier alpha value is -1.59. The largest absolute Gasteiger partial charge is 0.394 e. The molecular weight excluding hydrogens is 863 g/mol. The van der Waals surface area contributed by atoms with Crippen molar-refractivity contribution in [1.29, 1.82) is 0 Å². The third-order valence-corrected chi connectivity index (χ3v) is 14.2. The Balaban J connectivity index is 2.22. The third-order valence-electron chi connectivity index (χ3n) is 14.2. The van der Waals surface area contributed by atoms with Crippen molar-refractivity contribution in [1.82, 2.24) is 5.32 Å². The number of hydrogen-bond donors (Lipinski definition) is 6. The molecule has 1 rings (SSSR count). The molecule has 0 aromatic carbocycles. The van der Waals surface area contributed by atoms with Crippen LogP contribution < -0.4 is 5.32 Å². The van der Waals surface area contributed by atoms with Gasteiger partial charge in [-0.1, -0.05) is 262 Å². The number of hydrogen-bond acceptors (Lipinski definition) is 8. The molecule has 1 saturated heterocycles. The van der Waals surface area contributed by atoms with Crippen LogP contribution in [0.5, 0.6) is 0 Å². The van der Waals surface area contributed by atoms with Gasteiger partial charge in [0.2, 0.25) is 5.91 Å². The normalized spacial score (nSPS) is 19.7. The second-order valence-corrected chi connectivity index (χ2v) is 20.8. The molecule has 9 nitrogen and oxygen atoms in total. The minimum atomic E-state index is -1.57. The molecule has 1 amide bonds. The predicted octanol–water partition coefficient (Wildman–Crippen LogP) is 14.7. The summed E-state index contributed by atoms with van der Waals surface area (Å²) in [6.45, 7) is 3.80. The Morgan fingerprint density at radius 2 is 0.855 bits per heavy atom. The van der Waals surface area contributed by atoms with Gasteiger partial charge in [-0.15, -0.1) is 0 Å². The maximum absolute atomic E-state index is 13.1. The summed E-state index contributed by atoms with van der Waals surface area (Å²) in [5.74, 6) is -0.176. The van der Waals surface area contributed by atoms with Gasteiger partial charge in [0.15, 0.2) is 6.29 Å². The van der Waals surface area contributed by atoms with Crippen molar-refractivity contribution in [3.63, 3.8) is 0 Å². The lowest BCUT2D eigenvalue weighted by molar-refractivity contribution is -0.302. The molecule has 0 saturated carbocycles. The summed E-state index contributed by atoms with van der Waals surface area (Å²) >= 11 is 0. The van der Waals surface area contributed by atoms with Crippen LogP contribution in [-0.4, -0.2) is 87.5 Å². The second-order valence-electron chi connectivity index (χ2n) is 20.8. The number of amides is 1. The average molecular weight is 977 g/mol. The monoisotopic (exact) mass is 976 g/mol. The molecule has 1 aliphatic heterocycles. The number of ether oxygens (including phenoxy) is 2. The number of aliphatic hydroxyl groups excluding tert-OH is 5. The summed E-state index contributed by atoms with van der Waals surface area (Å²) < 4.78 is 11.3. The molecule has 1 fully saturated rings. The molecule has 0 aromatic heterocycles. The Morgan fingerprint density at radius 3 is 1.25 bits per heavy atom.